The van der Waals surface area contributed by atoms with Crippen LogP contribution in [0.5, 0.6) is 0 Å². The summed E-state index contributed by atoms with van der Waals surface area (Å²) in [6.45, 7) is 6.32. The van der Waals surface area contributed by atoms with E-state index in [0.29, 0.717) is 6.42 Å². The second kappa shape index (κ2) is 9.22. The van der Waals surface area contributed by atoms with Crippen LogP contribution in [0.25, 0.3) is 0 Å². The van der Waals surface area contributed by atoms with Crippen LogP contribution in [-0.4, -0.2) is 41.8 Å². The number of aliphatic hydroxyl groups excluding tert-OH is 1. The fourth-order valence-electron chi connectivity index (χ4n) is 4.73. The highest BCUT2D eigenvalue weighted by Crippen LogP contribution is 2.40. The molecule has 1 fully saturated rings. The van der Waals surface area contributed by atoms with Gasteiger partial charge in [-0.1, -0.05) is 81.4 Å². The van der Waals surface area contributed by atoms with Gasteiger partial charge in [0.15, 0.2) is 0 Å². The number of hydrogen-bond donors (Lipinski definition) is 2. The van der Waals surface area contributed by atoms with E-state index in [1.54, 1.807) is 0 Å². The van der Waals surface area contributed by atoms with E-state index in [1.807, 2.05) is 36.4 Å². The van der Waals surface area contributed by atoms with E-state index in [4.69, 9.17) is 9.16 Å². The first-order chi connectivity index (χ1) is 15.8. The summed E-state index contributed by atoms with van der Waals surface area (Å²) in [5.74, 6) is 0. The highest BCUT2D eigenvalue weighted by molar-refractivity contribution is 6.99. The van der Waals surface area contributed by atoms with Crippen LogP contribution in [0.2, 0.25) is 5.04 Å². The maximum Gasteiger partial charge on any atom is 0.330 e. The topological polar surface area (TPSA) is 93.6 Å². The van der Waals surface area contributed by atoms with E-state index in [2.05, 4.69) is 50.0 Å². The van der Waals surface area contributed by atoms with Crippen LogP contribution in [0.1, 0.15) is 33.4 Å². The molecule has 0 bridgehead atoms. The van der Waals surface area contributed by atoms with Gasteiger partial charge in [-0.05, 0) is 15.4 Å². The lowest BCUT2D eigenvalue weighted by atomic mass is 10.2. The van der Waals surface area contributed by atoms with Gasteiger partial charge in [0, 0.05) is 18.7 Å². The SMILES string of the molecule is CC(C)(C)[Si](O[C@H]1C[C@H](n2ccc(=O)[nH]c2=O)O[C@@H]1CO)(c1ccccc1)c1ccccc1. The van der Waals surface area contributed by atoms with Crippen LogP contribution in [0.4, 0.5) is 0 Å². The third-order valence-electron chi connectivity index (χ3n) is 6.27. The first-order valence-electron chi connectivity index (χ1n) is 11.1. The quantitative estimate of drug-likeness (QED) is 0.540. The maximum absolute atomic E-state index is 12.3. The molecule has 0 radical (unpaired) electrons. The zero-order valence-electron chi connectivity index (χ0n) is 19.1. The van der Waals surface area contributed by atoms with Crippen LogP contribution < -0.4 is 21.6 Å². The lowest BCUT2D eigenvalue weighted by Crippen LogP contribution is -2.68. The Morgan fingerprint density at radius 3 is 2.09 bits per heavy atom. The molecule has 4 rings (SSSR count). The summed E-state index contributed by atoms with van der Waals surface area (Å²) >= 11 is 0. The normalized spacial score (nSPS) is 21.3. The Morgan fingerprint density at radius 2 is 1.61 bits per heavy atom. The van der Waals surface area contributed by atoms with E-state index in [1.165, 1.54) is 16.8 Å². The van der Waals surface area contributed by atoms with Crippen molar-refractivity contribution >= 4 is 18.7 Å². The van der Waals surface area contributed by atoms with Crippen LogP contribution in [0.15, 0.2) is 82.5 Å². The molecule has 2 N–H and O–H groups in total. The summed E-state index contributed by atoms with van der Waals surface area (Å²) in [5.41, 5.74) is -1.01. The number of rotatable bonds is 6. The molecule has 33 heavy (non-hydrogen) atoms. The fourth-order valence-corrected chi connectivity index (χ4v) is 9.45. The molecule has 1 aliphatic rings. The average molecular weight is 467 g/mol. The van der Waals surface area contributed by atoms with Gasteiger partial charge in [0.05, 0.1) is 12.7 Å². The van der Waals surface area contributed by atoms with Gasteiger partial charge in [-0.25, -0.2) is 4.79 Å². The van der Waals surface area contributed by atoms with Gasteiger partial charge in [-0.2, -0.15) is 0 Å². The van der Waals surface area contributed by atoms with Gasteiger partial charge >= 0.3 is 5.69 Å². The Morgan fingerprint density at radius 1 is 1.03 bits per heavy atom. The van der Waals surface area contributed by atoms with Crippen molar-refractivity contribution in [1.82, 2.24) is 9.55 Å². The Hall–Kier alpha value is -2.78. The van der Waals surface area contributed by atoms with Crippen LogP contribution in [0.3, 0.4) is 0 Å². The first-order valence-corrected chi connectivity index (χ1v) is 13.0. The lowest BCUT2D eigenvalue weighted by molar-refractivity contribution is -0.0434. The minimum atomic E-state index is -2.86. The minimum absolute atomic E-state index is 0.234. The summed E-state index contributed by atoms with van der Waals surface area (Å²) < 4.78 is 14.5. The maximum atomic E-state index is 12.3. The zero-order valence-corrected chi connectivity index (χ0v) is 20.1. The van der Waals surface area contributed by atoms with Crippen molar-refractivity contribution in [2.75, 3.05) is 6.61 Å². The molecular formula is C25H30N2O5Si. The summed E-state index contributed by atoms with van der Waals surface area (Å²) in [6, 6.07) is 21.8. The molecule has 0 unspecified atom stereocenters. The van der Waals surface area contributed by atoms with Crippen molar-refractivity contribution in [2.24, 2.45) is 0 Å². The number of aromatic amines is 1. The lowest BCUT2D eigenvalue weighted by Gasteiger charge is -2.45. The predicted molar refractivity (Wildman–Crippen MR) is 129 cm³/mol. The van der Waals surface area contributed by atoms with Gasteiger partial charge in [-0.3, -0.25) is 14.3 Å². The van der Waals surface area contributed by atoms with Crippen LogP contribution in [-0.2, 0) is 9.16 Å². The number of aromatic nitrogens is 2. The highest BCUT2D eigenvalue weighted by Gasteiger charge is 2.53. The van der Waals surface area contributed by atoms with Crippen molar-refractivity contribution < 1.29 is 14.3 Å². The molecule has 2 heterocycles. The number of aliphatic hydroxyl groups is 1. The second-order valence-electron chi connectivity index (χ2n) is 9.38. The van der Waals surface area contributed by atoms with Crippen molar-refractivity contribution in [3.63, 3.8) is 0 Å². The van der Waals surface area contributed by atoms with Gasteiger partial charge < -0.3 is 14.3 Å². The standard InChI is InChI=1S/C25H30N2O5Si/c1-25(2,3)33(18-10-6-4-7-11-18,19-12-8-5-9-13-19)32-20-16-23(31-21(20)17-28)27-15-14-22(29)26-24(27)30/h4-15,20-21,23,28H,16-17H2,1-3H3,(H,26,29,30)/t20-,21+,23+/m0/s1. The zero-order chi connectivity index (χ0) is 23.6. The molecule has 1 aliphatic heterocycles. The van der Waals surface area contributed by atoms with E-state index in [-0.39, 0.29) is 11.6 Å². The molecule has 174 valence electrons. The predicted octanol–water partition coefficient (Wildman–Crippen LogP) is 1.76. The summed E-state index contributed by atoms with van der Waals surface area (Å²) in [6.07, 6.45) is 0.114. The molecule has 1 saturated heterocycles. The largest absolute Gasteiger partial charge is 0.402 e. The first kappa shape index (κ1) is 23.4. The molecule has 0 amide bonds. The molecule has 8 heteroatoms. The highest BCUT2D eigenvalue weighted by atomic mass is 28.4. The Bertz CT molecular complexity index is 1150. The van der Waals surface area contributed by atoms with Crippen molar-refractivity contribution in [1.29, 1.82) is 0 Å². The monoisotopic (exact) mass is 466 g/mol. The van der Waals surface area contributed by atoms with Gasteiger partial charge in [0.1, 0.15) is 12.3 Å². The number of benzene rings is 2. The number of hydrogen-bond acceptors (Lipinski definition) is 5. The average Bonchev–Trinajstić information content (AvgIpc) is 3.20. The van der Waals surface area contributed by atoms with Crippen molar-refractivity contribution in [3.8, 4) is 0 Å². The molecule has 1 aromatic heterocycles. The summed E-state index contributed by atoms with van der Waals surface area (Å²) in [4.78, 5) is 26.1. The molecule has 7 nitrogen and oxygen atoms in total. The number of nitrogens with zero attached hydrogens (tertiary/aromatic N) is 1. The van der Waals surface area contributed by atoms with Crippen molar-refractivity contribution in [2.45, 2.75) is 50.7 Å². The summed E-state index contributed by atoms with van der Waals surface area (Å²) in [7, 11) is -2.86. The molecule has 0 aliphatic carbocycles. The van der Waals surface area contributed by atoms with E-state index < -0.39 is 38.0 Å². The van der Waals surface area contributed by atoms with E-state index >= 15 is 0 Å². The Kier molecular flexibility index (Phi) is 6.53. The Balaban J connectivity index is 1.79. The third-order valence-corrected chi connectivity index (χ3v) is 11.3. The molecule has 3 atom stereocenters. The van der Waals surface area contributed by atoms with Gasteiger partial charge in [0.2, 0.25) is 0 Å². The second-order valence-corrected chi connectivity index (χ2v) is 13.6. The fraction of sp³-hybridized carbons (Fsp3) is 0.360. The van der Waals surface area contributed by atoms with Gasteiger partial charge in [-0.15, -0.1) is 0 Å². The smallest absolute Gasteiger partial charge is 0.330 e. The third kappa shape index (κ3) is 4.39. The minimum Gasteiger partial charge on any atom is -0.402 e. The van der Waals surface area contributed by atoms with Crippen molar-refractivity contribution in [3.05, 3.63) is 93.8 Å². The molecular weight excluding hydrogens is 436 g/mol. The number of H-pyrrole nitrogens is 1. The van der Waals surface area contributed by atoms with E-state index in [0.717, 1.165) is 10.4 Å². The van der Waals surface area contributed by atoms with E-state index in [9.17, 15) is 14.7 Å². The van der Waals surface area contributed by atoms with Crippen LogP contribution in [0, 0.1) is 0 Å². The number of nitrogens with one attached hydrogen (secondary N) is 1. The number of ether oxygens (including phenoxy) is 1. The Labute approximate surface area is 193 Å². The molecule has 2 aromatic carbocycles. The van der Waals surface area contributed by atoms with Gasteiger partial charge in [0.25, 0.3) is 13.9 Å². The summed E-state index contributed by atoms with van der Waals surface area (Å²) in [5, 5.41) is 12.1. The molecule has 0 spiro atoms. The van der Waals surface area contributed by atoms with Crippen LogP contribution >= 0.6 is 0 Å². The molecule has 3 aromatic rings. The molecule has 0 saturated carbocycles.